The summed E-state index contributed by atoms with van der Waals surface area (Å²) in [6.07, 6.45) is 0. The summed E-state index contributed by atoms with van der Waals surface area (Å²) in [5.74, 6) is -0.913. The Hall–Kier alpha value is -0.620. The summed E-state index contributed by atoms with van der Waals surface area (Å²) in [5, 5.41) is 2.48. The van der Waals surface area contributed by atoms with Crippen LogP contribution in [-0.2, 0) is 14.6 Å². The summed E-state index contributed by atoms with van der Waals surface area (Å²) < 4.78 is 21.4. The molecule has 1 atom stereocenters. The number of amides is 1. The second kappa shape index (κ2) is 2.21. The van der Waals surface area contributed by atoms with Crippen molar-refractivity contribution >= 4 is 15.7 Å². The van der Waals surface area contributed by atoms with Gasteiger partial charge in [-0.2, -0.15) is 0 Å². The Morgan fingerprint density at radius 3 is 2.40 bits per heavy atom. The number of carbonyl (C=O) groups is 1. The zero-order chi connectivity index (χ0) is 7.78. The van der Waals surface area contributed by atoms with Gasteiger partial charge >= 0.3 is 0 Å². The largest absolute Gasteiger partial charge is 0.368 e. The highest BCUT2D eigenvalue weighted by molar-refractivity contribution is 7.91. The molecule has 0 aromatic heterocycles. The molecule has 0 aromatic rings. The van der Waals surface area contributed by atoms with Crippen molar-refractivity contribution in [1.82, 2.24) is 5.32 Å². The van der Waals surface area contributed by atoms with Gasteiger partial charge in [0.25, 0.3) is 0 Å². The molecule has 1 amide bonds. The van der Waals surface area contributed by atoms with Crippen LogP contribution in [0.25, 0.3) is 0 Å². The van der Waals surface area contributed by atoms with E-state index in [0.717, 1.165) is 0 Å². The van der Waals surface area contributed by atoms with Crippen molar-refractivity contribution in [2.45, 2.75) is 6.04 Å². The van der Waals surface area contributed by atoms with E-state index in [-0.39, 0.29) is 11.6 Å². The molecule has 1 heterocycles. The van der Waals surface area contributed by atoms with E-state index in [0.29, 0.717) is 0 Å². The van der Waals surface area contributed by atoms with E-state index in [9.17, 15) is 13.2 Å². The molecule has 0 bridgehead atoms. The average molecular weight is 164 g/mol. The topological polar surface area (TPSA) is 89.3 Å². The zero-order valence-corrected chi connectivity index (χ0v) is 6.02. The molecule has 10 heavy (non-hydrogen) atoms. The number of primary amides is 1. The lowest BCUT2D eigenvalue weighted by Gasteiger charge is -1.99. The fourth-order valence-electron chi connectivity index (χ4n) is 0.782. The Morgan fingerprint density at radius 1 is 1.60 bits per heavy atom. The molecule has 1 fully saturated rings. The van der Waals surface area contributed by atoms with Gasteiger partial charge in [-0.15, -0.1) is 0 Å². The fourth-order valence-corrected chi connectivity index (χ4v) is 2.15. The van der Waals surface area contributed by atoms with Crippen molar-refractivity contribution in [3.05, 3.63) is 0 Å². The number of sulfone groups is 1. The molecule has 1 rings (SSSR count). The molecule has 0 unspecified atom stereocenters. The summed E-state index contributed by atoms with van der Waals surface area (Å²) in [7, 11) is -3.05. The Bertz CT molecular complexity index is 245. The van der Waals surface area contributed by atoms with Gasteiger partial charge in [0.2, 0.25) is 5.91 Å². The predicted molar refractivity (Wildman–Crippen MR) is 34.8 cm³/mol. The van der Waals surface area contributed by atoms with Gasteiger partial charge in [0.15, 0.2) is 9.84 Å². The third kappa shape index (κ3) is 1.45. The van der Waals surface area contributed by atoms with Crippen LogP contribution in [0.5, 0.6) is 0 Å². The lowest BCUT2D eigenvalue weighted by Crippen LogP contribution is -2.38. The van der Waals surface area contributed by atoms with Crippen LogP contribution in [0.1, 0.15) is 0 Å². The van der Waals surface area contributed by atoms with Crippen molar-refractivity contribution < 1.29 is 13.2 Å². The van der Waals surface area contributed by atoms with Crippen LogP contribution in [0.2, 0.25) is 0 Å². The number of hydrogen-bond donors (Lipinski definition) is 2. The molecule has 0 spiro atoms. The molecule has 5 nitrogen and oxygen atoms in total. The third-order valence-electron chi connectivity index (χ3n) is 1.31. The van der Waals surface area contributed by atoms with Gasteiger partial charge in [-0.3, -0.25) is 10.1 Å². The standard InChI is InChI=1S/C4H8N2O3S/c5-4(7)3-1-10(8,9)2-6-3/h3,6H,1-2H2,(H2,5,7)/t3-/m1/s1. The minimum absolute atomic E-state index is 0.138. The second-order valence-corrected chi connectivity index (χ2v) is 4.32. The molecule has 1 aliphatic heterocycles. The van der Waals surface area contributed by atoms with Crippen LogP contribution in [-0.4, -0.2) is 32.0 Å². The highest BCUT2D eigenvalue weighted by Gasteiger charge is 2.30. The van der Waals surface area contributed by atoms with Crippen LogP contribution < -0.4 is 11.1 Å². The van der Waals surface area contributed by atoms with Gasteiger partial charge < -0.3 is 5.73 Å². The normalized spacial score (nSPS) is 30.2. The molecule has 0 saturated carbocycles. The highest BCUT2D eigenvalue weighted by atomic mass is 32.2. The van der Waals surface area contributed by atoms with Crippen LogP contribution >= 0.6 is 0 Å². The lowest BCUT2D eigenvalue weighted by atomic mass is 10.3. The first-order valence-electron chi connectivity index (χ1n) is 2.74. The van der Waals surface area contributed by atoms with Crippen LogP contribution in [0.15, 0.2) is 0 Å². The quantitative estimate of drug-likeness (QED) is 0.461. The minimum atomic E-state index is -3.05. The third-order valence-corrected chi connectivity index (χ3v) is 2.76. The molecule has 58 valence electrons. The Kier molecular flexibility index (Phi) is 1.65. The highest BCUT2D eigenvalue weighted by Crippen LogP contribution is 2.01. The number of nitrogens with one attached hydrogen (secondary N) is 1. The maximum absolute atomic E-state index is 10.7. The van der Waals surface area contributed by atoms with Crippen molar-refractivity contribution in [2.75, 3.05) is 11.6 Å². The maximum Gasteiger partial charge on any atom is 0.235 e. The van der Waals surface area contributed by atoms with Gasteiger partial charge in [-0.1, -0.05) is 0 Å². The Labute approximate surface area is 58.5 Å². The summed E-state index contributed by atoms with van der Waals surface area (Å²) in [6, 6.07) is -0.690. The number of nitrogens with two attached hydrogens (primary N) is 1. The molecule has 0 radical (unpaired) electrons. The maximum atomic E-state index is 10.7. The van der Waals surface area contributed by atoms with Gasteiger partial charge in [0, 0.05) is 0 Å². The summed E-state index contributed by atoms with van der Waals surface area (Å²) in [6.45, 7) is 0. The van der Waals surface area contributed by atoms with Crippen molar-refractivity contribution in [1.29, 1.82) is 0 Å². The van der Waals surface area contributed by atoms with E-state index in [1.54, 1.807) is 0 Å². The fraction of sp³-hybridized carbons (Fsp3) is 0.750. The first-order chi connectivity index (χ1) is 4.51. The van der Waals surface area contributed by atoms with Crippen molar-refractivity contribution in [3.63, 3.8) is 0 Å². The Balaban J connectivity index is 2.69. The van der Waals surface area contributed by atoms with Gasteiger partial charge in [-0.05, 0) is 0 Å². The first kappa shape index (κ1) is 7.49. The van der Waals surface area contributed by atoms with Crippen molar-refractivity contribution in [2.24, 2.45) is 5.73 Å². The van der Waals surface area contributed by atoms with E-state index >= 15 is 0 Å². The number of hydrogen-bond acceptors (Lipinski definition) is 4. The van der Waals surface area contributed by atoms with E-state index in [1.807, 2.05) is 0 Å². The SMILES string of the molecule is NC(=O)[C@H]1CS(=O)(=O)CN1. The molecular weight excluding hydrogens is 156 g/mol. The van der Waals surface area contributed by atoms with Gasteiger partial charge in [-0.25, -0.2) is 8.42 Å². The van der Waals surface area contributed by atoms with Gasteiger partial charge in [0.1, 0.15) is 6.04 Å². The molecule has 6 heteroatoms. The molecule has 0 aliphatic carbocycles. The lowest BCUT2D eigenvalue weighted by molar-refractivity contribution is -0.119. The molecule has 0 aromatic carbocycles. The van der Waals surface area contributed by atoms with Gasteiger partial charge in [0.05, 0.1) is 11.6 Å². The smallest absolute Gasteiger partial charge is 0.235 e. The van der Waals surface area contributed by atoms with E-state index < -0.39 is 21.8 Å². The first-order valence-corrected chi connectivity index (χ1v) is 4.56. The minimum Gasteiger partial charge on any atom is -0.368 e. The predicted octanol–water partition coefficient (Wildman–Crippen LogP) is -2.18. The van der Waals surface area contributed by atoms with E-state index in [1.165, 1.54) is 0 Å². The molecular formula is C4H8N2O3S. The van der Waals surface area contributed by atoms with Crippen LogP contribution in [0, 0.1) is 0 Å². The van der Waals surface area contributed by atoms with E-state index in [2.05, 4.69) is 5.32 Å². The second-order valence-electron chi connectivity index (χ2n) is 2.21. The van der Waals surface area contributed by atoms with Crippen LogP contribution in [0.4, 0.5) is 0 Å². The summed E-state index contributed by atoms with van der Waals surface area (Å²) in [4.78, 5) is 10.4. The number of carbonyl (C=O) groups excluding carboxylic acids is 1. The molecule has 1 aliphatic rings. The molecule has 3 N–H and O–H groups in total. The van der Waals surface area contributed by atoms with Crippen LogP contribution in [0.3, 0.4) is 0 Å². The monoisotopic (exact) mass is 164 g/mol. The molecule has 1 saturated heterocycles. The van der Waals surface area contributed by atoms with Crippen molar-refractivity contribution in [3.8, 4) is 0 Å². The zero-order valence-electron chi connectivity index (χ0n) is 5.20. The average Bonchev–Trinajstić information content (AvgIpc) is 2.10. The summed E-state index contributed by atoms with van der Waals surface area (Å²) >= 11 is 0. The van der Waals surface area contributed by atoms with E-state index in [4.69, 9.17) is 5.73 Å². The Morgan fingerprint density at radius 2 is 2.20 bits per heavy atom. The summed E-state index contributed by atoms with van der Waals surface area (Å²) in [5.41, 5.74) is 4.85. The number of rotatable bonds is 1.